The van der Waals surface area contributed by atoms with E-state index in [0.29, 0.717) is 0 Å². The van der Waals surface area contributed by atoms with Crippen molar-refractivity contribution in [2.45, 2.75) is 46.3 Å². The molecule has 0 rings (SSSR count). The van der Waals surface area contributed by atoms with Gasteiger partial charge in [-0.15, -0.1) is 0 Å². The highest BCUT2D eigenvalue weighted by Gasteiger charge is 2.37. The average molecular weight is 376 g/mol. The van der Waals surface area contributed by atoms with Crippen LogP contribution in [0.2, 0.25) is 0 Å². The van der Waals surface area contributed by atoms with Gasteiger partial charge < -0.3 is 9.84 Å². The number of rotatable bonds is 10. The van der Waals surface area contributed by atoms with Crippen molar-refractivity contribution in [1.82, 2.24) is 0 Å². The fraction of sp³-hybridized carbons (Fsp3) is 0.917. The van der Waals surface area contributed by atoms with E-state index in [1.54, 1.807) is 13.8 Å². The van der Waals surface area contributed by atoms with Crippen molar-refractivity contribution in [3.8, 4) is 0 Å². The van der Waals surface area contributed by atoms with E-state index < -0.39 is 61.9 Å². The Bertz CT molecular complexity index is 590. The second-order valence-electron chi connectivity index (χ2n) is 6.04. The van der Waals surface area contributed by atoms with Gasteiger partial charge in [-0.3, -0.25) is 8.74 Å². The van der Waals surface area contributed by atoms with Gasteiger partial charge in [-0.05, 0) is 20.3 Å². The van der Waals surface area contributed by atoms with Gasteiger partial charge in [0.2, 0.25) is 0 Å². The van der Waals surface area contributed by atoms with Crippen LogP contribution in [-0.4, -0.2) is 62.8 Å². The largest absolute Gasteiger partial charge is 0.461 e. The lowest BCUT2D eigenvalue weighted by Crippen LogP contribution is -2.42. The molecule has 0 radical (unpaired) electrons. The van der Waals surface area contributed by atoms with Gasteiger partial charge in [-0.25, -0.2) is 4.79 Å². The Morgan fingerprint density at radius 2 is 1.65 bits per heavy atom. The predicted molar refractivity (Wildman–Crippen MR) is 81.8 cm³/mol. The second-order valence-corrected chi connectivity index (χ2v) is 9.37. The molecule has 0 amide bonds. The molecule has 0 aromatic rings. The first-order valence-corrected chi connectivity index (χ1v) is 10.1. The van der Waals surface area contributed by atoms with E-state index in [2.05, 4.69) is 0 Å². The van der Waals surface area contributed by atoms with Crippen molar-refractivity contribution in [3.63, 3.8) is 0 Å². The summed E-state index contributed by atoms with van der Waals surface area (Å²) >= 11 is 0. The van der Waals surface area contributed by atoms with Crippen LogP contribution in [0.3, 0.4) is 0 Å². The predicted octanol–water partition coefficient (Wildman–Crippen LogP) is -0.0506. The molecule has 0 saturated carbocycles. The monoisotopic (exact) mass is 376 g/mol. The van der Waals surface area contributed by atoms with Crippen molar-refractivity contribution >= 4 is 26.2 Å². The van der Waals surface area contributed by atoms with Gasteiger partial charge in [0.25, 0.3) is 20.2 Å². The van der Waals surface area contributed by atoms with Gasteiger partial charge in [-0.2, -0.15) is 16.8 Å². The molecule has 138 valence electrons. The minimum atomic E-state index is -4.25. The van der Waals surface area contributed by atoms with Crippen molar-refractivity contribution in [2.75, 3.05) is 18.1 Å². The maximum Gasteiger partial charge on any atom is 0.335 e. The summed E-state index contributed by atoms with van der Waals surface area (Å²) in [6, 6.07) is 0. The first-order valence-electron chi connectivity index (χ1n) is 6.87. The van der Waals surface area contributed by atoms with Crippen molar-refractivity contribution in [3.05, 3.63) is 0 Å². The number of carbonyl (C=O) groups is 1. The number of ether oxygens (including phenoxy) is 1. The summed E-state index contributed by atoms with van der Waals surface area (Å²) in [5, 5.41) is 9.91. The summed E-state index contributed by atoms with van der Waals surface area (Å²) in [4.78, 5) is 11.6. The van der Waals surface area contributed by atoms with Gasteiger partial charge in [0.15, 0.2) is 6.10 Å². The zero-order valence-corrected chi connectivity index (χ0v) is 15.2. The number of aliphatic hydroxyl groups excluding tert-OH is 1. The van der Waals surface area contributed by atoms with Crippen LogP contribution in [0.4, 0.5) is 0 Å². The van der Waals surface area contributed by atoms with Crippen LogP contribution in [-0.2, 0) is 34.0 Å². The fourth-order valence-electron chi connectivity index (χ4n) is 1.41. The summed E-state index contributed by atoms with van der Waals surface area (Å²) in [7, 11) is -8.31. The van der Waals surface area contributed by atoms with Gasteiger partial charge in [0.05, 0.1) is 24.2 Å². The third-order valence-corrected chi connectivity index (χ3v) is 4.79. The molecule has 0 bridgehead atoms. The maximum absolute atomic E-state index is 11.6. The van der Waals surface area contributed by atoms with Gasteiger partial charge >= 0.3 is 5.97 Å². The van der Waals surface area contributed by atoms with Crippen LogP contribution in [0.5, 0.6) is 0 Å². The lowest BCUT2D eigenvalue weighted by molar-refractivity contribution is -0.165. The normalized spacial score (nSPS) is 14.7. The first kappa shape index (κ1) is 22.2. The molecule has 0 aromatic heterocycles. The van der Waals surface area contributed by atoms with Crippen molar-refractivity contribution in [1.29, 1.82) is 0 Å². The van der Waals surface area contributed by atoms with Gasteiger partial charge in [-0.1, -0.05) is 13.8 Å². The van der Waals surface area contributed by atoms with Gasteiger partial charge in [0.1, 0.15) is 0 Å². The molecular formula is C12H24O9S2. The molecule has 9 nitrogen and oxygen atoms in total. The van der Waals surface area contributed by atoms with Crippen LogP contribution in [0, 0.1) is 5.41 Å². The van der Waals surface area contributed by atoms with E-state index in [9.17, 15) is 26.7 Å². The zero-order chi connectivity index (χ0) is 18.5. The van der Waals surface area contributed by atoms with E-state index in [1.165, 1.54) is 13.8 Å². The van der Waals surface area contributed by atoms with Gasteiger partial charge in [0, 0.05) is 5.41 Å². The summed E-state index contributed by atoms with van der Waals surface area (Å²) in [6.07, 6.45) is -2.35. The minimum Gasteiger partial charge on any atom is -0.461 e. The SMILES string of the molecule is CC(C)OC(=O)[C@H](O)C(C)(C)COS(=O)(=O)CCCS(=O)(=O)O. The van der Waals surface area contributed by atoms with Crippen molar-refractivity contribution in [2.24, 2.45) is 5.41 Å². The molecule has 0 heterocycles. The standard InChI is InChI=1S/C12H24O9S2/c1-9(2)21-11(14)10(13)12(3,4)8-20-23(18,19)7-5-6-22(15,16)17/h9-10,13H,5-8H2,1-4H3,(H,15,16,17)/t10-/m0/s1. The molecule has 0 aliphatic heterocycles. The number of carbonyl (C=O) groups excluding carboxylic acids is 1. The lowest BCUT2D eigenvalue weighted by atomic mass is 9.87. The third kappa shape index (κ3) is 9.87. The molecule has 23 heavy (non-hydrogen) atoms. The molecule has 0 aliphatic carbocycles. The first-order chi connectivity index (χ1) is 10.2. The Morgan fingerprint density at radius 3 is 2.09 bits per heavy atom. The molecular weight excluding hydrogens is 352 g/mol. The molecule has 0 aromatic carbocycles. The van der Waals surface area contributed by atoms with E-state index in [0.717, 1.165) is 0 Å². The molecule has 2 N–H and O–H groups in total. The molecule has 0 saturated heterocycles. The van der Waals surface area contributed by atoms with Crippen LogP contribution in [0.1, 0.15) is 34.1 Å². The Hall–Kier alpha value is -0.750. The van der Waals surface area contributed by atoms with Crippen LogP contribution < -0.4 is 0 Å². The summed E-state index contributed by atoms with van der Waals surface area (Å²) < 4.78 is 62.4. The Morgan fingerprint density at radius 1 is 1.13 bits per heavy atom. The summed E-state index contributed by atoms with van der Waals surface area (Å²) in [5.74, 6) is -2.21. The summed E-state index contributed by atoms with van der Waals surface area (Å²) in [5.41, 5.74) is -1.23. The minimum absolute atomic E-state index is 0.334. The fourth-order valence-corrected chi connectivity index (χ4v) is 3.20. The molecule has 0 spiro atoms. The molecule has 0 fully saturated rings. The molecule has 0 unspecified atom stereocenters. The van der Waals surface area contributed by atoms with Crippen LogP contribution in [0.25, 0.3) is 0 Å². The highest BCUT2D eigenvalue weighted by atomic mass is 32.2. The smallest absolute Gasteiger partial charge is 0.335 e. The molecule has 11 heteroatoms. The highest BCUT2D eigenvalue weighted by molar-refractivity contribution is 7.87. The topological polar surface area (TPSA) is 144 Å². The maximum atomic E-state index is 11.6. The van der Waals surface area contributed by atoms with Crippen LogP contribution >= 0.6 is 0 Å². The van der Waals surface area contributed by atoms with E-state index in [4.69, 9.17) is 13.5 Å². The number of hydrogen-bond acceptors (Lipinski definition) is 8. The quantitative estimate of drug-likeness (QED) is 0.304. The number of esters is 1. The van der Waals surface area contributed by atoms with Crippen LogP contribution in [0.15, 0.2) is 0 Å². The number of aliphatic hydroxyl groups is 1. The lowest BCUT2D eigenvalue weighted by Gasteiger charge is -2.28. The Balaban J connectivity index is 4.58. The second kappa shape index (κ2) is 8.38. The van der Waals surface area contributed by atoms with E-state index >= 15 is 0 Å². The summed E-state index contributed by atoms with van der Waals surface area (Å²) in [6.45, 7) is 5.57. The Labute approximate surface area is 136 Å². The van der Waals surface area contributed by atoms with Crippen molar-refractivity contribution < 1.29 is 40.2 Å². The molecule has 1 atom stereocenters. The van der Waals surface area contributed by atoms with E-state index in [1.807, 2.05) is 0 Å². The zero-order valence-electron chi connectivity index (χ0n) is 13.6. The number of hydrogen-bond donors (Lipinski definition) is 2. The third-order valence-electron chi connectivity index (χ3n) is 2.72. The van der Waals surface area contributed by atoms with E-state index in [-0.39, 0.29) is 6.42 Å². The highest BCUT2D eigenvalue weighted by Crippen LogP contribution is 2.23. The Kier molecular flexibility index (Phi) is 8.10. The average Bonchev–Trinajstić information content (AvgIpc) is 2.33. The molecule has 0 aliphatic rings.